The van der Waals surface area contributed by atoms with Crippen LogP contribution in [0.5, 0.6) is 5.75 Å². The molecule has 6 nitrogen and oxygen atoms in total. The fraction of sp³-hybridized carbons (Fsp3) is 0.333. The first-order valence-electron chi connectivity index (χ1n) is 13.9. The zero-order valence-electron chi connectivity index (χ0n) is 23.0. The monoisotopic (exact) mass is 590 g/mol. The van der Waals surface area contributed by atoms with Gasteiger partial charge in [-0.3, -0.25) is 18.7 Å². The predicted molar refractivity (Wildman–Crippen MR) is 166 cm³/mol. The van der Waals surface area contributed by atoms with Crippen molar-refractivity contribution in [2.75, 3.05) is 11.5 Å². The Morgan fingerprint density at radius 3 is 2.39 bits per heavy atom. The molecule has 0 atom stereocenters. The molecule has 1 aliphatic carbocycles. The number of hydrogen-bond acceptors (Lipinski definition) is 6. The average molecular weight is 591 g/mol. The maximum absolute atomic E-state index is 11.7. The van der Waals surface area contributed by atoms with Gasteiger partial charge >= 0.3 is 5.97 Å². The number of Topliss-reactive ketones (excluding diaryl/α,β-unsaturated/α-hetero) is 1. The highest BCUT2D eigenvalue weighted by Gasteiger charge is 2.46. The summed E-state index contributed by atoms with van der Waals surface area (Å²) in [6.45, 7) is 2.55. The molecule has 2 heterocycles. The van der Waals surface area contributed by atoms with Crippen LogP contribution in [-0.4, -0.2) is 37.5 Å². The van der Waals surface area contributed by atoms with Crippen LogP contribution in [0.2, 0.25) is 0 Å². The number of carboxylic acids is 1. The molecule has 2 aliphatic rings. The first kappa shape index (κ1) is 28.0. The summed E-state index contributed by atoms with van der Waals surface area (Å²) in [6.07, 6.45) is 2.15. The summed E-state index contributed by atoms with van der Waals surface area (Å²) in [5.74, 6) is 1.28. The summed E-state index contributed by atoms with van der Waals surface area (Å²) in [4.78, 5) is 23.0. The Morgan fingerprint density at radius 2 is 1.73 bits per heavy atom. The number of aliphatic carboxylic acids is 1. The van der Waals surface area contributed by atoms with E-state index in [1.165, 1.54) is 32.3 Å². The molecule has 0 radical (unpaired) electrons. The van der Waals surface area contributed by atoms with Crippen molar-refractivity contribution in [3.05, 3.63) is 88.3 Å². The van der Waals surface area contributed by atoms with Crippen LogP contribution in [-0.2, 0) is 21.6 Å². The van der Waals surface area contributed by atoms with Gasteiger partial charge in [0.2, 0.25) is 0 Å². The van der Waals surface area contributed by atoms with Gasteiger partial charge in [-0.1, -0.05) is 36.4 Å². The molecular weight excluding hydrogens is 556 g/mol. The molecule has 1 aliphatic heterocycles. The number of thiophene rings is 1. The van der Waals surface area contributed by atoms with Crippen molar-refractivity contribution in [1.82, 2.24) is 0 Å². The minimum Gasteiger partial charge on any atom is -0.489 e. The standard InChI is InChI=1S/C33H34O6S2/c1-21-14-24(23-10-12-41(37,38)13-11-23)3-8-28(21)30-20-40-31-9-2-22(15-29(30)31)19-39-27-6-4-25(5-7-27)33(18-32(35)36)16-26(34)17-33/h2-9,14-15,20,23,37-38H,10-13,16-19H2,1H3,(H,35,36). The van der Waals surface area contributed by atoms with Crippen molar-refractivity contribution in [3.8, 4) is 16.9 Å². The minimum atomic E-state index is -2.38. The van der Waals surface area contributed by atoms with Crippen molar-refractivity contribution < 1.29 is 28.5 Å². The van der Waals surface area contributed by atoms with E-state index in [9.17, 15) is 23.8 Å². The van der Waals surface area contributed by atoms with Crippen LogP contribution >= 0.6 is 21.9 Å². The zero-order chi connectivity index (χ0) is 28.8. The quantitative estimate of drug-likeness (QED) is 0.191. The molecule has 0 amide bonds. The van der Waals surface area contributed by atoms with E-state index >= 15 is 0 Å². The molecular formula is C33H34O6S2. The molecule has 3 aromatic carbocycles. The molecule has 214 valence electrons. The number of aryl methyl sites for hydroxylation is 1. The summed E-state index contributed by atoms with van der Waals surface area (Å²) in [5, 5.41) is 12.7. The van der Waals surface area contributed by atoms with Crippen molar-refractivity contribution in [1.29, 1.82) is 0 Å². The lowest BCUT2D eigenvalue weighted by Gasteiger charge is -2.39. The first-order chi connectivity index (χ1) is 19.6. The van der Waals surface area contributed by atoms with Crippen LogP contribution in [0.25, 0.3) is 21.2 Å². The zero-order valence-corrected chi connectivity index (χ0v) is 24.6. The van der Waals surface area contributed by atoms with Crippen molar-refractivity contribution in [2.24, 2.45) is 0 Å². The van der Waals surface area contributed by atoms with Crippen LogP contribution in [0.4, 0.5) is 0 Å². The van der Waals surface area contributed by atoms with Gasteiger partial charge in [-0.25, -0.2) is 0 Å². The Kier molecular flexibility index (Phi) is 7.44. The number of rotatable bonds is 8. The van der Waals surface area contributed by atoms with E-state index in [0.717, 1.165) is 24.0 Å². The summed E-state index contributed by atoms with van der Waals surface area (Å²) in [6, 6.07) is 20.6. The maximum atomic E-state index is 11.7. The molecule has 4 aromatic rings. The lowest BCUT2D eigenvalue weighted by atomic mass is 9.62. The van der Waals surface area contributed by atoms with E-state index in [1.54, 1.807) is 11.3 Å². The predicted octanol–water partition coefficient (Wildman–Crippen LogP) is 8.16. The van der Waals surface area contributed by atoms with Gasteiger partial charge in [0.05, 0.1) is 6.42 Å². The number of hydrogen-bond donors (Lipinski definition) is 3. The fourth-order valence-corrected chi connectivity index (χ4v) is 8.82. The second-order valence-corrected chi connectivity index (χ2v) is 14.9. The molecule has 8 heteroatoms. The van der Waals surface area contributed by atoms with Gasteiger partial charge in [0.15, 0.2) is 0 Å². The molecule has 1 aromatic heterocycles. The third-order valence-electron chi connectivity index (χ3n) is 8.67. The topological polar surface area (TPSA) is 104 Å². The van der Waals surface area contributed by atoms with Gasteiger partial charge in [-0.05, 0) is 83.1 Å². The number of fused-ring (bicyclic) bond motifs is 1. The molecule has 0 spiro atoms. The third-order valence-corrected chi connectivity index (χ3v) is 11.4. The van der Waals surface area contributed by atoms with E-state index in [-0.39, 0.29) is 25.0 Å². The number of ketones is 1. The van der Waals surface area contributed by atoms with Crippen LogP contribution in [0.15, 0.2) is 66.0 Å². The molecule has 1 saturated heterocycles. The largest absolute Gasteiger partial charge is 0.489 e. The van der Waals surface area contributed by atoms with Crippen LogP contribution in [0.3, 0.4) is 0 Å². The van der Waals surface area contributed by atoms with Crippen LogP contribution in [0.1, 0.15) is 60.3 Å². The second-order valence-electron chi connectivity index (χ2n) is 11.6. The number of ether oxygens (including phenoxy) is 1. The van der Waals surface area contributed by atoms with Gasteiger partial charge in [0.25, 0.3) is 0 Å². The normalized spacial score (nSPS) is 19.0. The summed E-state index contributed by atoms with van der Waals surface area (Å²) >= 11 is 1.73. The first-order valence-corrected chi connectivity index (χ1v) is 16.7. The summed E-state index contributed by atoms with van der Waals surface area (Å²) in [5.41, 5.74) is 6.24. The Labute approximate surface area is 245 Å². The lowest BCUT2D eigenvalue weighted by Crippen LogP contribution is -2.43. The number of carbonyl (C=O) groups excluding carboxylic acids is 1. The van der Waals surface area contributed by atoms with Gasteiger partial charge in [0.1, 0.15) is 18.1 Å². The number of carbonyl (C=O) groups is 2. The van der Waals surface area contributed by atoms with E-state index in [1.807, 2.05) is 24.3 Å². The number of benzene rings is 3. The smallest absolute Gasteiger partial charge is 0.304 e. The lowest BCUT2D eigenvalue weighted by molar-refractivity contribution is -0.141. The Hall–Kier alpha value is -3.17. The molecule has 0 bridgehead atoms. The van der Waals surface area contributed by atoms with E-state index in [0.29, 0.717) is 29.8 Å². The van der Waals surface area contributed by atoms with Crippen LogP contribution in [0, 0.1) is 6.92 Å². The minimum absolute atomic E-state index is 0.0421. The maximum Gasteiger partial charge on any atom is 0.304 e. The Bertz CT molecular complexity index is 1600. The molecule has 41 heavy (non-hydrogen) atoms. The van der Waals surface area contributed by atoms with Crippen molar-refractivity contribution >= 4 is 43.8 Å². The van der Waals surface area contributed by atoms with Crippen molar-refractivity contribution in [2.45, 2.75) is 57.0 Å². The second kappa shape index (κ2) is 10.9. The van der Waals surface area contributed by atoms with E-state index < -0.39 is 22.0 Å². The van der Waals surface area contributed by atoms with Crippen LogP contribution < -0.4 is 4.74 Å². The highest BCUT2D eigenvalue weighted by Crippen LogP contribution is 2.49. The molecule has 2 fully saturated rings. The van der Waals surface area contributed by atoms with Gasteiger partial charge in [-0.2, -0.15) is 10.6 Å². The average Bonchev–Trinajstić information content (AvgIpc) is 3.34. The van der Waals surface area contributed by atoms with Gasteiger partial charge < -0.3 is 9.84 Å². The highest BCUT2D eigenvalue weighted by molar-refractivity contribution is 8.24. The van der Waals surface area contributed by atoms with Gasteiger partial charge in [0, 0.05) is 45.4 Å². The van der Waals surface area contributed by atoms with E-state index in [4.69, 9.17) is 4.74 Å². The Morgan fingerprint density at radius 1 is 1.00 bits per heavy atom. The van der Waals surface area contributed by atoms with Gasteiger partial charge in [-0.15, -0.1) is 11.3 Å². The summed E-state index contributed by atoms with van der Waals surface area (Å²) in [7, 11) is -2.38. The number of carboxylic acid groups (broad SMARTS) is 1. The molecule has 6 rings (SSSR count). The molecule has 3 N–H and O–H groups in total. The fourth-order valence-electron chi connectivity index (χ4n) is 6.35. The Balaban J connectivity index is 1.16. The SMILES string of the molecule is Cc1cc(C2CCS(O)(O)CC2)ccc1-c1csc2ccc(COc3ccc(C4(CC(=O)O)CC(=O)C4)cc3)cc12. The van der Waals surface area contributed by atoms with E-state index in [2.05, 4.69) is 48.7 Å². The third kappa shape index (κ3) is 5.79. The summed E-state index contributed by atoms with van der Waals surface area (Å²) < 4.78 is 27.3. The molecule has 0 unspecified atom stereocenters. The molecule has 1 saturated carbocycles. The highest BCUT2D eigenvalue weighted by atomic mass is 32.3. The van der Waals surface area contributed by atoms with Crippen molar-refractivity contribution in [3.63, 3.8) is 0 Å².